The molecule has 118 valence electrons. The summed E-state index contributed by atoms with van der Waals surface area (Å²) < 4.78 is 11.0. The fourth-order valence-corrected chi connectivity index (χ4v) is 2.42. The number of phenols is 1. The summed E-state index contributed by atoms with van der Waals surface area (Å²) in [6, 6.07) is 7.79. The van der Waals surface area contributed by atoms with Crippen LogP contribution in [0.4, 0.5) is 0 Å². The van der Waals surface area contributed by atoms with E-state index in [9.17, 15) is 14.7 Å². The molecule has 0 aliphatic rings. The third kappa shape index (κ3) is 2.48. The normalized spacial score (nSPS) is 12.4. The van der Waals surface area contributed by atoms with E-state index in [1.54, 1.807) is 12.1 Å². The maximum Gasteiger partial charge on any atom is 0.344 e. The molecule has 0 amide bonds. The Morgan fingerprint density at radius 3 is 2.74 bits per heavy atom. The van der Waals surface area contributed by atoms with Crippen LogP contribution in [0.3, 0.4) is 0 Å². The number of hydrogen-bond acceptors (Lipinski definition) is 5. The Balaban J connectivity index is 2.28. The van der Waals surface area contributed by atoms with E-state index < -0.39 is 12.1 Å². The Hall–Kier alpha value is -3.02. The van der Waals surface area contributed by atoms with Gasteiger partial charge in [-0.15, -0.1) is 0 Å². The minimum atomic E-state index is -1.14. The van der Waals surface area contributed by atoms with Gasteiger partial charge in [-0.3, -0.25) is 4.79 Å². The van der Waals surface area contributed by atoms with E-state index >= 15 is 0 Å². The first-order chi connectivity index (χ1) is 10.9. The first-order valence-corrected chi connectivity index (χ1v) is 6.97. The fourth-order valence-electron chi connectivity index (χ4n) is 2.42. The maximum atomic E-state index is 12.5. The number of phenolic OH excluding ortho intramolecular Hbond substituents is 1. The highest BCUT2D eigenvalue weighted by atomic mass is 16.5. The van der Waals surface area contributed by atoms with E-state index in [0.717, 1.165) is 5.56 Å². The Morgan fingerprint density at radius 2 is 2.04 bits per heavy atom. The van der Waals surface area contributed by atoms with E-state index in [-0.39, 0.29) is 27.9 Å². The van der Waals surface area contributed by atoms with Gasteiger partial charge in [-0.2, -0.15) is 0 Å². The lowest BCUT2D eigenvalue weighted by atomic mass is 10.1. The standard InChI is InChI=1S/C17H14O6/c1-8-4-3-5-11-15(19)14-12(18)6-10(22-9(2)17(20)21)7-13(14)23-16(8)11/h3-7,9,18H,1-2H3,(H,20,21). The van der Waals surface area contributed by atoms with E-state index in [4.69, 9.17) is 14.3 Å². The van der Waals surface area contributed by atoms with Gasteiger partial charge in [0.05, 0.1) is 5.39 Å². The van der Waals surface area contributed by atoms with Gasteiger partial charge in [0.15, 0.2) is 6.10 Å². The third-order valence-electron chi connectivity index (χ3n) is 3.61. The topological polar surface area (TPSA) is 97.0 Å². The molecule has 2 aromatic carbocycles. The number of carboxylic acid groups (broad SMARTS) is 1. The van der Waals surface area contributed by atoms with Crippen LogP contribution in [0, 0.1) is 6.92 Å². The van der Waals surface area contributed by atoms with Crippen molar-refractivity contribution in [2.24, 2.45) is 0 Å². The van der Waals surface area contributed by atoms with Crippen LogP contribution in [0.15, 0.2) is 39.5 Å². The zero-order valence-corrected chi connectivity index (χ0v) is 12.5. The number of ether oxygens (including phenoxy) is 1. The Bertz CT molecular complexity index is 986. The first-order valence-electron chi connectivity index (χ1n) is 6.97. The molecule has 0 radical (unpaired) electrons. The van der Waals surface area contributed by atoms with Gasteiger partial charge >= 0.3 is 5.97 Å². The average molecular weight is 314 g/mol. The number of fused-ring (bicyclic) bond motifs is 2. The van der Waals surface area contributed by atoms with Crippen molar-refractivity contribution in [1.82, 2.24) is 0 Å². The number of aryl methyl sites for hydroxylation is 1. The number of hydrogen-bond donors (Lipinski definition) is 2. The van der Waals surface area contributed by atoms with E-state index in [1.807, 2.05) is 13.0 Å². The first kappa shape index (κ1) is 14.9. The van der Waals surface area contributed by atoms with Crippen molar-refractivity contribution >= 4 is 27.9 Å². The minimum Gasteiger partial charge on any atom is -0.507 e. The average Bonchev–Trinajstić information content (AvgIpc) is 2.48. The number of para-hydroxylation sites is 1. The summed E-state index contributed by atoms with van der Waals surface area (Å²) >= 11 is 0. The van der Waals surface area contributed by atoms with Gasteiger partial charge in [0.1, 0.15) is 28.1 Å². The summed E-state index contributed by atoms with van der Waals surface area (Å²) in [5, 5.41) is 19.4. The lowest BCUT2D eigenvalue weighted by Gasteiger charge is -2.12. The molecule has 1 atom stereocenters. The highest BCUT2D eigenvalue weighted by Gasteiger charge is 2.17. The monoisotopic (exact) mass is 314 g/mol. The van der Waals surface area contributed by atoms with Gasteiger partial charge in [0, 0.05) is 12.1 Å². The number of aromatic hydroxyl groups is 1. The Kier molecular flexibility index (Phi) is 3.44. The molecule has 0 saturated heterocycles. The lowest BCUT2D eigenvalue weighted by Crippen LogP contribution is -2.22. The SMILES string of the molecule is Cc1cccc2c(=O)c3c(O)cc(OC(C)C(=O)O)cc3oc12. The molecule has 0 saturated carbocycles. The van der Waals surface area contributed by atoms with Gasteiger partial charge in [0.2, 0.25) is 5.43 Å². The molecular formula is C17H14O6. The molecule has 0 aliphatic heterocycles. The van der Waals surface area contributed by atoms with Crippen molar-refractivity contribution < 1.29 is 24.2 Å². The molecule has 3 aromatic rings. The van der Waals surface area contributed by atoms with Gasteiger partial charge in [-0.05, 0) is 25.5 Å². The second-order valence-electron chi connectivity index (χ2n) is 5.30. The van der Waals surface area contributed by atoms with E-state index in [2.05, 4.69) is 0 Å². The molecule has 1 unspecified atom stereocenters. The summed E-state index contributed by atoms with van der Waals surface area (Å²) in [7, 11) is 0. The third-order valence-corrected chi connectivity index (χ3v) is 3.61. The van der Waals surface area contributed by atoms with Crippen molar-refractivity contribution in [3.8, 4) is 11.5 Å². The summed E-state index contributed by atoms with van der Waals surface area (Å²) in [5.74, 6) is -1.34. The molecule has 6 nitrogen and oxygen atoms in total. The van der Waals surface area contributed by atoms with Crippen LogP contribution in [0.1, 0.15) is 12.5 Å². The number of carbonyl (C=O) groups is 1. The fraction of sp³-hybridized carbons (Fsp3) is 0.176. The molecule has 6 heteroatoms. The second-order valence-corrected chi connectivity index (χ2v) is 5.30. The van der Waals surface area contributed by atoms with Gasteiger partial charge in [-0.25, -0.2) is 4.79 Å². The Labute approximate surface area is 130 Å². The van der Waals surface area contributed by atoms with Crippen LogP contribution in [-0.4, -0.2) is 22.3 Å². The molecule has 23 heavy (non-hydrogen) atoms. The lowest BCUT2D eigenvalue weighted by molar-refractivity contribution is -0.144. The molecule has 0 aliphatic carbocycles. The number of benzene rings is 2. The molecule has 0 fully saturated rings. The molecule has 2 N–H and O–H groups in total. The zero-order chi connectivity index (χ0) is 16.7. The predicted molar refractivity (Wildman–Crippen MR) is 84.1 cm³/mol. The largest absolute Gasteiger partial charge is 0.507 e. The van der Waals surface area contributed by atoms with Crippen molar-refractivity contribution in [3.05, 3.63) is 46.1 Å². The highest BCUT2D eigenvalue weighted by molar-refractivity contribution is 5.94. The van der Waals surface area contributed by atoms with Crippen LogP contribution >= 0.6 is 0 Å². The molecule has 0 spiro atoms. The van der Waals surface area contributed by atoms with E-state index in [1.165, 1.54) is 19.1 Å². The van der Waals surface area contributed by atoms with Gasteiger partial charge < -0.3 is 19.4 Å². The zero-order valence-electron chi connectivity index (χ0n) is 12.5. The summed E-state index contributed by atoms with van der Waals surface area (Å²) in [5.41, 5.74) is 1.00. The summed E-state index contributed by atoms with van der Waals surface area (Å²) in [6.07, 6.45) is -1.10. The van der Waals surface area contributed by atoms with Crippen molar-refractivity contribution in [1.29, 1.82) is 0 Å². The number of carboxylic acids is 1. The number of aliphatic carboxylic acids is 1. The van der Waals surface area contributed by atoms with Crippen LogP contribution in [0.2, 0.25) is 0 Å². The Morgan fingerprint density at radius 1 is 1.30 bits per heavy atom. The smallest absolute Gasteiger partial charge is 0.344 e. The molecule has 1 aromatic heterocycles. The summed E-state index contributed by atoms with van der Waals surface area (Å²) in [6.45, 7) is 3.17. The minimum absolute atomic E-state index is 0.0402. The molecule has 0 bridgehead atoms. The quantitative estimate of drug-likeness (QED) is 0.722. The van der Waals surface area contributed by atoms with Crippen molar-refractivity contribution in [2.45, 2.75) is 20.0 Å². The second kappa shape index (κ2) is 5.31. The molecular weight excluding hydrogens is 300 g/mol. The predicted octanol–water partition coefficient (Wildman–Crippen LogP) is 2.81. The van der Waals surface area contributed by atoms with E-state index in [0.29, 0.717) is 11.0 Å². The van der Waals surface area contributed by atoms with Crippen LogP contribution in [0.5, 0.6) is 11.5 Å². The summed E-state index contributed by atoms with van der Waals surface area (Å²) in [4.78, 5) is 23.4. The van der Waals surface area contributed by atoms with Crippen LogP contribution in [0.25, 0.3) is 21.9 Å². The van der Waals surface area contributed by atoms with Gasteiger partial charge in [-0.1, -0.05) is 12.1 Å². The molecule has 3 rings (SSSR count). The number of rotatable bonds is 3. The van der Waals surface area contributed by atoms with Gasteiger partial charge in [0.25, 0.3) is 0 Å². The highest BCUT2D eigenvalue weighted by Crippen LogP contribution is 2.31. The van der Waals surface area contributed by atoms with Crippen LogP contribution < -0.4 is 10.2 Å². The van der Waals surface area contributed by atoms with Crippen molar-refractivity contribution in [3.63, 3.8) is 0 Å². The van der Waals surface area contributed by atoms with Crippen LogP contribution in [-0.2, 0) is 4.79 Å². The van der Waals surface area contributed by atoms with Crippen molar-refractivity contribution in [2.75, 3.05) is 0 Å². The molecule has 1 heterocycles. The maximum absolute atomic E-state index is 12.5.